The van der Waals surface area contributed by atoms with Gasteiger partial charge in [-0.05, 0) is 30.8 Å². The van der Waals surface area contributed by atoms with Crippen molar-refractivity contribution < 1.29 is 4.74 Å². The number of aromatic nitrogens is 1. The molecule has 1 fully saturated rings. The molecule has 0 spiro atoms. The zero-order valence-corrected chi connectivity index (χ0v) is 9.88. The van der Waals surface area contributed by atoms with E-state index < -0.39 is 0 Å². The van der Waals surface area contributed by atoms with Crippen molar-refractivity contribution in [3.8, 4) is 6.07 Å². The number of ether oxygens (including phenoxy) is 1. The van der Waals surface area contributed by atoms with Gasteiger partial charge in [0, 0.05) is 7.11 Å². The third-order valence-corrected chi connectivity index (χ3v) is 3.69. The van der Waals surface area contributed by atoms with E-state index in [0.29, 0.717) is 11.4 Å². The van der Waals surface area contributed by atoms with Gasteiger partial charge in [-0.2, -0.15) is 9.64 Å². The number of rotatable bonds is 3. The van der Waals surface area contributed by atoms with Gasteiger partial charge in [-0.3, -0.25) is 0 Å². The highest BCUT2D eigenvalue weighted by Gasteiger charge is 2.28. The Morgan fingerprint density at radius 1 is 1.62 bits per heavy atom. The van der Waals surface area contributed by atoms with Crippen molar-refractivity contribution in [3.63, 3.8) is 0 Å². The van der Waals surface area contributed by atoms with Gasteiger partial charge in [-0.15, -0.1) is 0 Å². The molecule has 2 unspecified atom stereocenters. The van der Waals surface area contributed by atoms with Gasteiger partial charge in [0.15, 0.2) is 5.82 Å². The highest BCUT2D eigenvalue weighted by Crippen LogP contribution is 2.30. The summed E-state index contributed by atoms with van der Waals surface area (Å²) in [7, 11) is 1.72. The van der Waals surface area contributed by atoms with Gasteiger partial charge in [0.05, 0.1) is 12.1 Å². The first-order valence-corrected chi connectivity index (χ1v) is 5.98. The van der Waals surface area contributed by atoms with Crippen molar-refractivity contribution in [1.82, 2.24) is 4.37 Å². The van der Waals surface area contributed by atoms with E-state index in [4.69, 9.17) is 15.7 Å². The number of anilines is 2. The number of nitrogens with one attached hydrogen (secondary N) is 1. The smallest absolute Gasteiger partial charge is 0.157 e. The van der Waals surface area contributed by atoms with Crippen LogP contribution in [0.2, 0.25) is 0 Å². The van der Waals surface area contributed by atoms with E-state index >= 15 is 0 Å². The second kappa shape index (κ2) is 4.68. The number of nitrogens with two attached hydrogens (primary N) is 1. The fraction of sp³-hybridized carbons (Fsp3) is 0.600. The molecule has 0 radical (unpaired) electrons. The molecule has 0 aliphatic heterocycles. The lowest BCUT2D eigenvalue weighted by Crippen LogP contribution is -2.29. The standard InChI is InChI=1S/C10H14N4OS/c1-15-8-4-2-3-7(8)13-10-6(5-11)9(12)14-16-10/h7-8,13H,2-4H2,1H3,(H2,12,14). The highest BCUT2D eigenvalue weighted by molar-refractivity contribution is 7.10. The molecule has 2 rings (SSSR count). The SMILES string of the molecule is COC1CCCC1Nc1snc(N)c1C#N. The molecular weight excluding hydrogens is 224 g/mol. The third kappa shape index (κ3) is 1.96. The zero-order chi connectivity index (χ0) is 11.5. The van der Waals surface area contributed by atoms with Gasteiger partial charge < -0.3 is 15.8 Å². The largest absolute Gasteiger partial charge is 0.382 e. The second-order valence-corrected chi connectivity index (χ2v) is 4.61. The molecule has 6 heteroatoms. The Morgan fingerprint density at radius 3 is 3.12 bits per heavy atom. The van der Waals surface area contributed by atoms with Crippen molar-refractivity contribution in [2.45, 2.75) is 31.4 Å². The first-order chi connectivity index (χ1) is 7.76. The van der Waals surface area contributed by atoms with Gasteiger partial charge in [0.2, 0.25) is 0 Å². The summed E-state index contributed by atoms with van der Waals surface area (Å²) in [4.78, 5) is 0. The molecular formula is C10H14N4OS. The number of nitriles is 1. The van der Waals surface area contributed by atoms with Gasteiger partial charge in [-0.1, -0.05) is 0 Å². The molecule has 0 saturated heterocycles. The van der Waals surface area contributed by atoms with Gasteiger partial charge in [0.1, 0.15) is 16.6 Å². The summed E-state index contributed by atoms with van der Waals surface area (Å²) in [5.41, 5.74) is 6.05. The van der Waals surface area contributed by atoms with E-state index in [1.807, 2.05) is 0 Å². The summed E-state index contributed by atoms with van der Waals surface area (Å²) < 4.78 is 9.36. The lowest BCUT2D eigenvalue weighted by molar-refractivity contribution is 0.101. The number of hydrogen-bond donors (Lipinski definition) is 2. The normalized spacial score (nSPS) is 24.2. The van der Waals surface area contributed by atoms with Gasteiger partial charge in [-0.25, -0.2) is 0 Å². The van der Waals surface area contributed by atoms with Gasteiger partial charge in [0.25, 0.3) is 0 Å². The molecule has 16 heavy (non-hydrogen) atoms. The minimum absolute atomic E-state index is 0.217. The summed E-state index contributed by atoms with van der Waals surface area (Å²) in [5.74, 6) is 0.307. The van der Waals surface area contributed by atoms with Crippen LogP contribution in [0.1, 0.15) is 24.8 Å². The first kappa shape index (κ1) is 11.2. The predicted octanol–water partition coefficient (Wildman–Crippen LogP) is 1.58. The van der Waals surface area contributed by atoms with Crippen LogP contribution in [0.3, 0.4) is 0 Å². The van der Waals surface area contributed by atoms with E-state index in [0.717, 1.165) is 24.3 Å². The molecule has 86 valence electrons. The summed E-state index contributed by atoms with van der Waals surface area (Å²) in [6.45, 7) is 0. The molecule has 0 amide bonds. The van der Waals surface area contributed by atoms with Crippen LogP contribution >= 0.6 is 11.5 Å². The Labute approximate surface area is 98.4 Å². The summed E-state index contributed by atoms with van der Waals surface area (Å²) >= 11 is 1.24. The summed E-state index contributed by atoms with van der Waals surface area (Å²) in [5, 5.41) is 13.0. The Morgan fingerprint density at radius 2 is 2.44 bits per heavy atom. The Balaban J connectivity index is 2.12. The quantitative estimate of drug-likeness (QED) is 0.835. The molecule has 1 aliphatic carbocycles. The Bertz CT molecular complexity index is 411. The molecule has 1 heterocycles. The predicted molar refractivity (Wildman–Crippen MR) is 63.3 cm³/mol. The molecule has 2 atom stereocenters. The molecule has 3 N–H and O–H groups in total. The Hall–Kier alpha value is -1.32. The van der Waals surface area contributed by atoms with E-state index in [2.05, 4.69) is 15.8 Å². The fourth-order valence-corrected chi connectivity index (χ4v) is 2.78. The number of nitrogens with zero attached hydrogens (tertiary/aromatic N) is 2. The van der Waals surface area contributed by atoms with Crippen molar-refractivity contribution in [2.75, 3.05) is 18.2 Å². The van der Waals surface area contributed by atoms with E-state index in [1.165, 1.54) is 11.5 Å². The third-order valence-electron chi connectivity index (χ3n) is 2.90. The van der Waals surface area contributed by atoms with E-state index in [9.17, 15) is 0 Å². The minimum Gasteiger partial charge on any atom is -0.382 e. The van der Waals surface area contributed by atoms with Crippen molar-refractivity contribution in [2.24, 2.45) is 0 Å². The highest BCUT2D eigenvalue weighted by atomic mass is 32.1. The van der Waals surface area contributed by atoms with E-state index in [1.54, 1.807) is 7.11 Å². The first-order valence-electron chi connectivity index (χ1n) is 5.21. The van der Waals surface area contributed by atoms with Crippen LogP contribution in [0.25, 0.3) is 0 Å². The minimum atomic E-state index is 0.217. The van der Waals surface area contributed by atoms with Crippen LogP contribution in [0.5, 0.6) is 0 Å². The molecule has 0 aromatic carbocycles. The van der Waals surface area contributed by atoms with Crippen LogP contribution in [0, 0.1) is 11.3 Å². The molecule has 1 aromatic heterocycles. The summed E-state index contributed by atoms with van der Waals surface area (Å²) in [6, 6.07) is 2.33. The van der Waals surface area contributed by atoms with Crippen LogP contribution in [0.15, 0.2) is 0 Å². The topological polar surface area (TPSA) is 84.0 Å². The maximum atomic E-state index is 8.95. The molecule has 0 bridgehead atoms. The monoisotopic (exact) mass is 238 g/mol. The number of nitrogen functional groups attached to an aromatic ring is 1. The number of hydrogen-bond acceptors (Lipinski definition) is 6. The van der Waals surface area contributed by atoms with Crippen LogP contribution in [0.4, 0.5) is 10.8 Å². The summed E-state index contributed by atoms with van der Waals surface area (Å²) in [6.07, 6.45) is 3.48. The van der Waals surface area contributed by atoms with E-state index in [-0.39, 0.29) is 12.1 Å². The maximum absolute atomic E-state index is 8.95. The van der Waals surface area contributed by atoms with Crippen LogP contribution < -0.4 is 11.1 Å². The molecule has 1 aromatic rings. The van der Waals surface area contributed by atoms with Gasteiger partial charge >= 0.3 is 0 Å². The van der Waals surface area contributed by atoms with Crippen molar-refractivity contribution in [1.29, 1.82) is 5.26 Å². The van der Waals surface area contributed by atoms with Crippen LogP contribution in [-0.4, -0.2) is 23.6 Å². The molecule has 1 aliphatic rings. The molecule has 5 nitrogen and oxygen atoms in total. The number of methoxy groups -OCH3 is 1. The maximum Gasteiger partial charge on any atom is 0.157 e. The average molecular weight is 238 g/mol. The zero-order valence-electron chi connectivity index (χ0n) is 9.06. The van der Waals surface area contributed by atoms with Crippen molar-refractivity contribution >= 4 is 22.4 Å². The molecule has 1 saturated carbocycles. The van der Waals surface area contributed by atoms with Crippen molar-refractivity contribution in [3.05, 3.63) is 5.56 Å². The lowest BCUT2D eigenvalue weighted by Gasteiger charge is -2.19. The second-order valence-electron chi connectivity index (χ2n) is 3.84. The average Bonchev–Trinajstić information content (AvgIpc) is 2.86. The Kier molecular flexibility index (Phi) is 3.27. The van der Waals surface area contributed by atoms with Crippen LogP contribution in [-0.2, 0) is 4.74 Å². The fourth-order valence-electron chi connectivity index (χ4n) is 2.05. The lowest BCUT2D eigenvalue weighted by atomic mass is 10.2.